The SMILES string of the molecule is CC(=O)CC(=CCC/C(C)=C/CO)C(C(C)=O)(C(C)=O)C(C)=O. The summed E-state index contributed by atoms with van der Waals surface area (Å²) in [6.45, 7) is 6.75. The van der Waals surface area contributed by atoms with Crippen LogP contribution in [0, 0.1) is 5.41 Å². The Labute approximate surface area is 137 Å². The van der Waals surface area contributed by atoms with Gasteiger partial charge in [0.2, 0.25) is 0 Å². The number of rotatable bonds is 10. The Morgan fingerprint density at radius 3 is 1.70 bits per heavy atom. The van der Waals surface area contributed by atoms with E-state index in [1.54, 1.807) is 12.2 Å². The van der Waals surface area contributed by atoms with Crippen molar-refractivity contribution in [1.29, 1.82) is 0 Å². The van der Waals surface area contributed by atoms with E-state index in [1.807, 2.05) is 6.92 Å². The van der Waals surface area contributed by atoms with Crippen molar-refractivity contribution in [1.82, 2.24) is 0 Å². The predicted molar refractivity (Wildman–Crippen MR) is 87.9 cm³/mol. The van der Waals surface area contributed by atoms with Crippen molar-refractivity contribution in [3.05, 3.63) is 23.3 Å². The Bertz CT molecular complexity index is 516. The van der Waals surface area contributed by atoms with Crippen molar-refractivity contribution in [3.63, 3.8) is 0 Å². The van der Waals surface area contributed by atoms with Crippen LogP contribution in [0.25, 0.3) is 0 Å². The average molecular weight is 322 g/mol. The molecule has 0 aromatic heterocycles. The van der Waals surface area contributed by atoms with Gasteiger partial charge in [0.1, 0.15) is 5.78 Å². The van der Waals surface area contributed by atoms with Crippen molar-refractivity contribution < 1.29 is 24.3 Å². The molecule has 0 spiro atoms. The van der Waals surface area contributed by atoms with Gasteiger partial charge in [0.25, 0.3) is 0 Å². The summed E-state index contributed by atoms with van der Waals surface area (Å²) in [7, 11) is 0. The number of ketones is 4. The van der Waals surface area contributed by atoms with Gasteiger partial charge in [-0.1, -0.05) is 17.7 Å². The standard InChI is InChI=1S/C18H26O5/c1-12(9-10-19)7-6-8-17(11-13(2)20)18(14(3)21,15(4)22)16(5)23/h8-9,19H,6-7,10-11H2,1-5H3/b12-9+,17-8?. The fourth-order valence-electron chi connectivity index (χ4n) is 2.78. The van der Waals surface area contributed by atoms with Crippen molar-refractivity contribution in [2.24, 2.45) is 5.41 Å². The van der Waals surface area contributed by atoms with Crippen molar-refractivity contribution >= 4 is 23.1 Å². The number of aliphatic hydroxyl groups excluding tert-OH is 1. The van der Waals surface area contributed by atoms with Crippen LogP contribution in [0.1, 0.15) is 53.9 Å². The molecule has 5 heteroatoms. The zero-order valence-corrected chi connectivity index (χ0v) is 14.6. The van der Waals surface area contributed by atoms with Gasteiger partial charge in [0, 0.05) is 6.42 Å². The van der Waals surface area contributed by atoms with E-state index >= 15 is 0 Å². The monoisotopic (exact) mass is 322 g/mol. The summed E-state index contributed by atoms with van der Waals surface area (Å²) in [6, 6.07) is 0. The zero-order valence-electron chi connectivity index (χ0n) is 14.6. The van der Waals surface area contributed by atoms with Gasteiger partial charge in [0.05, 0.1) is 6.61 Å². The molecule has 1 N–H and O–H groups in total. The van der Waals surface area contributed by atoms with E-state index in [9.17, 15) is 19.2 Å². The number of hydrogen-bond acceptors (Lipinski definition) is 5. The van der Waals surface area contributed by atoms with Crippen LogP contribution in [-0.2, 0) is 19.2 Å². The molecule has 0 rings (SSSR count). The van der Waals surface area contributed by atoms with Crippen LogP contribution in [0.4, 0.5) is 0 Å². The summed E-state index contributed by atoms with van der Waals surface area (Å²) >= 11 is 0. The van der Waals surface area contributed by atoms with E-state index in [1.165, 1.54) is 27.7 Å². The van der Waals surface area contributed by atoms with Gasteiger partial charge in [-0.05, 0) is 53.0 Å². The first kappa shape index (κ1) is 21.1. The molecule has 0 atom stereocenters. The third kappa shape index (κ3) is 5.36. The number of Topliss-reactive ketones (excluding diaryl/α,β-unsaturated/α-hetero) is 4. The highest BCUT2D eigenvalue weighted by atomic mass is 16.2. The third-order valence-corrected chi connectivity index (χ3v) is 3.87. The van der Waals surface area contributed by atoms with Gasteiger partial charge >= 0.3 is 0 Å². The highest BCUT2D eigenvalue weighted by molar-refractivity contribution is 6.25. The van der Waals surface area contributed by atoms with Crippen LogP contribution in [-0.4, -0.2) is 34.8 Å². The second-order valence-electron chi connectivity index (χ2n) is 5.80. The second kappa shape index (κ2) is 9.30. The quantitative estimate of drug-likeness (QED) is 0.493. The van der Waals surface area contributed by atoms with E-state index in [0.29, 0.717) is 12.8 Å². The van der Waals surface area contributed by atoms with E-state index in [0.717, 1.165) is 5.57 Å². The molecule has 0 unspecified atom stereocenters. The highest BCUT2D eigenvalue weighted by Crippen LogP contribution is 2.34. The van der Waals surface area contributed by atoms with Crippen molar-refractivity contribution in [2.75, 3.05) is 6.61 Å². The van der Waals surface area contributed by atoms with Crippen LogP contribution in [0.3, 0.4) is 0 Å². The largest absolute Gasteiger partial charge is 0.392 e. The minimum atomic E-state index is -1.86. The maximum atomic E-state index is 12.1. The molecule has 5 nitrogen and oxygen atoms in total. The molecule has 0 aliphatic carbocycles. The van der Waals surface area contributed by atoms with Crippen LogP contribution >= 0.6 is 0 Å². The summed E-state index contributed by atoms with van der Waals surface area (Å²) in [5, 5.41) is 8.84. The molecule has 0 aromatic rings. The van der Waals surface area contributed by atoms with Gasteiger partial charge in [-0.3, -0.25) is 19.2 Å². The van der Waals surface area contributed by atoms with E-state index < -0.39 is 22.8 Å². The summed E-state index contributed by atoms with van der Waals surface area (Å²) < 4.78 is 0. The summed E-state index contributed by atoms with van der Waals surface area (Å²) in [6.07, 6.45) is 4.26. The summed E-state index contributed by atoms with van der Waals surface area (Å²) in [5.74, 6) is -1.90. The molecule has 0 fully saturated rings. The molecule has 0 amide bonds. The molecule has 0 bridgehead atoms. The second-order valence-corrected chi connectivity index (χ2v) is 5.80. The molecule has 0 saturated heterocycles. The lowest BCUT2D eigenvalue weighted by Crippen LogP contribution is -2.45. The number of carbonyl (C=O) groups excluding carboxylic acids is 4. The molecule has 0 heterocycles. The van der Waals surface area contributed by atoms with Crippen LogP contribution in [0.15, 0.2) is 23.3 Å². The Kier molecular flexibility index (Phi) is 8.54. The zero-order chi connectivity index (χ0) is 18.2. The topological polar surface area (TPSA) is 88.5 Å². The van der Waals surface area contributed by atoms with Crippen LogP contribution in [0.5, 0.6) is 0 Å². The summed E-state index contributed by atoms with van der Waals surface area (Å²) in [5.41, 5.74) is -0.653. The van der Waals surface area contributed by atoms with Crippen LogP contribution < -0.4 is 0 Å². The van der Waals surface area contributed by atoms with Crippen molar-refractivity contribution in [3.8, 4) is 0 Å². The van der Waals surface area contributed by atoms with E-state index in [-0.39, 0.29) is 24.4 Å². The average Bonchev–Trinajstić information content (AvgIpc) is 2.37. The Balaban J connectivity index is 5.86. The third-order valence-electron chi connectivity index (χ3n) is 3.87. The lowest BCUT2D eigenvalue weighted by atomic mass is 9.69. The molecular formula is C18H26O5. The first-order valence-corrected chi connectivity index (χ1v) is 7.59. The smallest absolute Gasteiger partial charge is 0.166 e. The van der Waals surface area contributed by atoms with Crippen LogP contribution in [0.2, 0.25) is 0 Å². The van der Waals surface area contributed by atoms with Gasteiger partial charge < -0.3 is 5.11 Å². The molecule has 0 aliphatic heterocycles. The highest BCUT2D eigenvalue weighted by Gasteiger charge is 2.48. The van der Waals surface area contributed by atoms with E-state index in [2.05, 4.69) is 0 Å². The Hall–Kier alpha value is -1.88. The lowest BCUT2D eigenvalue weighted by Gasteiger charge is -2.28. The van der Waals surface area contributed by atoms with Gasteiger partial charge in [-0.15, -0.1) is 0 Å². The molecule has 0 aliphatic rings. The predicted octanol–water partition coefficient (Wildman–Crippen LogP) is 2.36. The first-order chi connectivity index (χ1) is 10.6. The molecule has 23 heavy (non-hydrogen) atoms. The minimum Gasteiger partial charge on any atom is -0.392 e. The maximum absolute atomic E-state index is 12.1. The number of aliphatic hydroxyl groups is 1. The Morgan fingerprint density at radius 2 is 1.35 bits per heavy atom. The van der Waals surface area contributed by atoms with Gasteiger partial charge in [0.15, 0.2) is 22.8 Å². The number of hydrogen-bond donors (Lipinski definition) is 1. The maximum Gasteiger partial charge on any atom is 0.166 e. The Morgan fingerprint density at radius 1 is 0.870 bits per heavy atom. The fourth-order valence-corrected chi connectivity index (χ4v) is 2.78. The minimum absolute atomic E-state index is 0.0614. The van der Waals surface area contributed by atoms with E-state index in [4.69, 9.17) is 5.11 Å². The molecular weight excluding hydrogens is 296 g/mol. The van der Waals surface area contributed by atoms with Crippen molar-refractivity contribution in [2.45, 2.75) is 53.9 Å². The van der Waals surface area contributed by atoms with Gasteiger partial charge in [-0.2, -0.15) is 0 Å². The normalized spacial score (nSPS) is 13.0. The first-order valence-electron chi connectivity index (χ1n) is 7.59. The lowest BCUT2D eigenvalue weighted by molar-refractivity contribution is -0.143. The number of allylic oxidation sites excluding steroid dienone is 3. The molecule has 128 valence electrons. The van der Waals surface area contributed by atoms with Gasteiger partial charge in [-0.25, -0.2) is 0 Å². The summed E-state index contributed by atoms with van der Waals surface area (Å²) in [4.78, 5) is 47.9. The molecule has 0 aromatic carbocycles. The molecule has 0 saturated carbocycles. The fraction of sp³-hybridized carbons (Fsp3) is 0.556. The number of carbonyl (C=O) groups is 4. The molecule has 0 radical (unpaired) electrons.